The van der Waals surface area contributed by atoms with Gasteiger partial charge >= 0.3 is 0 Å². The number of methoxy groups -OCH3 is 1. The van der Waals surface area contributed by atoms with E-state index in [1.807, 2.05) is 50.4 Å². The van der Waals surface area contributed by atoms with Gasteiger partial charge in [0.2, 0.25) is 0 Å². The van der Waals surface area contributed by atoms with Gasteiger partial charge in [0.05, 0.1) is 18.4 Å². The molecule has 5 rings (SSSR count). The molecule has 0 spiro atoms. The lowest BCUT2D eigenvalue weighted by atomic mass is 9.62. The predicted molar refractivity (Wildman–Crippen MR) is 131 cm³/mol. The molecular weight excluding hydrogens is 434 g/mol. The van der Waals surface area contributed by atoms with Crippen LogP contribution in [0.15, 0.2) is 54.7 Å². The number of aryl methyl sites for hydroxylation is 2. The molecule has 6 nitrogen and oxygen atoms in total. The quantitative estimate of drug-likeness (QED) is 0.351. The van der Waals surface area contributed by atoms with Gasteiger partial charge in [-0.2, -0.15) is 0 Å². The maximum Gasteiger partial charge on any atom is 0.141 e. The topological polar surface area (TPSA) is 75.7 Å². The number of aromatic amines is 1. The maximum atomic E-state index is 6.13. The summed E-state index contributed by atoms with van der Waals surface area (Å²) in [6.45, 7) is 3.92. The van der Waals surface area contributed by atoms with Gasteiger partial charge in [0.1, 0.15) is 23.2 Å². The minimum absolute atomic E-state index is 0.0899. The lowest BCUT2D eigenvalue weighted by Crippen LogP contribution is -2.36. The molecule has 0 aliphatic heterocycles. The fourth-order valence-corrected chi connectivity index (χ4v) is 4.66. The third-order valence-electron chi connectivity index (χ3n) is 6.36. The van der Waals surface area contributed by atoms with Gasteiger partial charge in [0.15, 0.2) is 0 Å². The van der Waals surface area contributed by atoms with Crippen molar-refractivity contribution in [3.63, 3.8) is 0 Å². The van der Waals surface area contributed by atoms with Crippen molar-refractivity contribution in [2.45, 2.75) is 38.5 Å². The molecule has 0 amide bonds. The molecule has 0 radical (unpaired) electrons. The van der Waals surface area contributed by atoms with Crippen molar-refractivity contribution >= 4 is 23.1 Å². The first-order valence-corrected chi connectivity index (χ1v) is 11.4. The average molecular weight is 460 g/mol. The minimum atomic E-state index is -0.0899. The van der Waals surface area contributed by atoms with Crippen LogP contribution in [0.25, 0.3) is 11.4 Å². The number of nitrogens with zero attached hydrogens (tertiary/aromatic N) is 3. The predicted octanol–water partition coefficient (Wildman–Crippen LogP) is 6.36. The van der Waals surface area contributed by atoms with E-state index in [-0.39, 0.29) is 5.41 Å². The van der Waals surface area contributed by atoms with Crippen molar-refractivity contribution in [3.05, 3.63) is 82.5 Å². The van der Waals surface area contributed by atoms with Crippen molar-refractivity contribution in [2.24, 2.45) is 0 Å². The first-order valence-electron chi connectivity index (χ1n) is 11.1. The molecule has 0 atom stereocenters. The highest BCUT2D eigenvalue weighted by Gasteiger charge is 2.42. The standard InChI is InChI=1S/C26H26ClN5O/c1-16-15-28-25(29-16)21-10-9-20(13-22(21)33-3)32-24-14-23(30-17(2)31-24)26(11-4-12-26)18-5-7-19(27)8-6-18/h5-10,13-15H,4,11-12H2,1-3H3,(H,28,29)(H,30,31,32). The van der Waals surface area contributed by atoms with Crippen molar-refractivity contribution < 1.29 is 4.74 Å². The van der Waals surface area contributed by atoms with Gasteiger partial charge in [-0.05, 0) is 56.5 Å². The second-order valence-corrected chi connectivity index (χ2v) is 9.02. The molecule has 1 aliphatic carbocycles. The number of anilines is 2. The molecule has 2 N–H and O–H groups in total. The van der Waals surface area contributed by atoms with Gasteiger partial charge in [-0.3, -0.25) is 0 Å². The second kappa shape index (κ2) is 8.52. The zero-order valence-corrected chi connectivity index (χ0v) is 19.7. The zero-order valence-electron chi connectivity index (χ0n) is 18.9. The molecule has 1 saturated carbocycles. The molecule has 0 saturated heterocycles. The Labute approximate surface area is 198 Å². The Balaban J connectivity index is 1.47. The highest BCUT2D eigenvalue weighted by molar-refractivity contribution is 6.30. The summed E-state index contributed by atoms with van der Waals surface area (Å²) in [5.74, 6) is 3.02. The number of ether oxygens (including phenoxy) is 1. The van der Waals surface area contributed by atoms with Crippen LogP contribution in [0.4, 0.5) is 11.5 Å². The number of rotatable bonds is 6. The maximum absolute atomic E-state index is 6.13. The molecule has 33 heavy (non-hydrogen) atoms. The van der Waals surface area contributed by atoms with E-state index in [2.05, 4.69) is 38.5 Å². The molecule has 1 aliphatic rings. The molecule has 168 valence electrons. The summed E-state index contributed by atoms with van der Waals surface area (Å²) in [6.07, 6.45) is 5.12. The lowest BCUT2D eigenvalue weighted by molar-refractivity contribution is 0.293. The van der Waals surface area contributed by atoms with Crippen molar-refractivity contribution in [3.8, 4) is 17.1 Å². The molecular formula is C26H26ClN5O. The van der Waals surface area contributed by atoms with Crippen LogP contribution in [0.5, 0.6) is 5.75 Å². The highest BCUT2D eigenvalue weighted by Crippen LogP contribution is 2.49. The Bertz CT molecular complexity index is 1290. The van der Waals surface area contributed by atoms with Crippen molar-refractivity contribution in [1.82, 2.24) is 19.9 Å². The Kier molecular flexibility index (Phi) is 5.54. The van der Waals surface area contributed by atoms with E-state index >= 15 is 0 Å². The number of nitrogens with one attached hydrogen (secondary N) is 2. The van der Waals surface area contributed by atoms with Gasteiger partial charge in [-0.1, -0.05) is 30.2 Å². The van der Waals surface area contributed by atoms with E-state index in [9.17, 15) is 0 Å². The van der Waals surface area contributed by atoms with Gasteiger partial charge < -0.3 is 15.0 Å². The Hall–Kier alpha value is -3.38. The van der Waals surface area contributed by atoms with Gasteiger partial charge in [0.25, 0.3) is 0 Å². The summed E-state index contributed by atoms with van der Waals surface area (Å²) in [5.41, 5.74) is 5.00. The number of hydrogen-bond acceptors (Lipinski definition) is 5. The van der Waals surface area contributed by atoms with Crippen LogP contribution in [0, 0.1) is 13.8 Å². The number of halogens is 1. The van der Waals surface area contributed by atoms with Crippen LogP contribution in [0.2, 0.25) is 5.02 Å². The summed E-state index contributed by atoms with van der Waals surface area (Å²) in [4.78, 5) is 17.2. The third kappa shape index (κ3) is 4.07. The van der Waals surface area contributed by atoms with Gasteiger partial charge in [0, 0.05) is 40.1 Å². The van der Waals surface area contributed by atoms with E-state index in [0.717, 1.165) is 63.7 Å². The van der Waals surface area contributed by atoms with Crippen LogP contribution in [-0.2, 0) is 5.41 Å². The molecule has 2 aromatic heterocycles. The zero-order chi connectivity index (χ0) is 23.0. The Morgan fingerprint density at radius 2 is 1.82 bits per heavy atom. The van der Waals surface area contributed by atoms with Crippen LogP contribution < -0.4 is 10.1 Å². The van der Waals surface area contributed by atoms with Crippen molar-refractivity contribution in [2.75, 3.05) is 12.4 Å². The summed E-state index contributed by atoms with van der Waals surface area (Å²) in [6, 6.07) is 16.2. The number of hydrogen-bond donors (Lipinski definition) is 2. The molecule has 0 bridgehead atoms. The van der Waals surface area contributed by atoms with E-state index in [4.69, 9.17) is 21.3 Å². The third-order valence-corrected chi connectivity index (χ3v) is 6.62. The van der Waals surface area contributed by atoms with Gasteiger partial charge in [-0.15, -0.1) is 0 Å². The fraction of sp³-hybridized carbons (Fsp3) is 0.269. The first-order chi connectivity index (χ1) is 16.0. The summed E-state index contributed by atoms with van der Waals surface area (Å²) in [7, 11) is 1.66. The highest BCUT2D eigenvalue weighted by atomic mass is 35.5. The summed E-state index contributed by atoms with van der Waals surface area (Å²) in [5, 5.41) is 4.19. The molecule has 2 aromatic carbocycles. The molecule has 1 fully saturated rings. The molecule has 0 unspecified atom stereocenters. The largest absolute Gasteiger partial charge is 0.496 e. The summed E-state index contributed by atoms with van der Waals surface area (Å²) < 4.78 is 5.64. The minimum Gasteiger partial charge on any atom is -0.496 e. The first kappa shape index (κ1) is 21.5. The Morgan fingerprint density at radius 3 is 2.45 bits per heavy atom. The molecule has 4 aromatic rings. The Morgan fingerprint density at radius 1 is 1.03 bits per heavy atom. The van der Waals surface area contributed by atoms with E-state index < -0.39 is 0 Å². The average Bonchev–Trinajstić information content (AvgIpc) is 3.20. The van der Waals surface area contributed by atoms with Crippen LogP contribution in [0.3, 0.4) is 0 Å². The second-order valence-electron chi connectivity index (χ2n) is 8.58. The van der Waals surface area contributed by atoms with E-state index in [0.29, 0.717) is 0 Å². The van der Waals surface area contributed by atoms with Crippen LogP contribution in [0.1, 0.15) is 42.0 Å². The smallest absolute Gasteiger partial charge is 0.141 e. The molecule has 7 heteroatoms. The fourth-order valence-electron chi connectivity index (χ4n) is 4.53. The van der Waals surface area contributed by atoms with Crippen LogP contribution in [-0.4, -0.2) is 27.0 Å². The van der Waals surface area contributed by atoms with Crippen molar-refractivity contribution in [1.29, 1.82) is 0 Å². The molecule has 2 heterocycles. The number of aromatic nitrogens is 4. The monoisotopic (exact) mass is 459 g/mol. The van der Waals surface area contributed by atoms with E-state index in [1.165, 1.54) is 12.0 Å². The van der Waals surface area contributed by atoms with E-state index in [1.54, 1.807) is 7.11 Å². The number of imidazole rings is 1. The lowest BCUT2D eigenvalue weighted by Gasteiger charge is -2.42. The normalized spacial score (nSPS) is 14.5. The van der Waals surface area contributed by atoms with Crippen LogP contribution >= 0.6 is 11.6 Å². The number of benzene rings is 2. The summed E-state index contributed by atoms with van der Waals surface area (Å²) >= 11 is 6.13. The SMILES string of the molecule is COc1cc(Nc2cc(C3(c4ccc(Cl)cc4)CCC3)nc(C)n2)ccc1-c1ncc(C)[nH]1. The van der Waals surface area contributed by atoms with Gasteiger partial charge in [-0.25, -0.2) is 15.0 Å². The number of H-pyrrole nitrogens is 1.